The van der Waals surface area contributed by atoms with Crippen molar-refractivity contribution in [3.63, 3.8) is 0 Å². The van der Waals surface area contributed by atoms with Gasteiger partial charge >= 0.3 is 0 Å². The van der Waals surface area contributed by atoms with E-state index in [1.165, 1.54) is 0 Å². The number of hydrogen-bond donors (Lipinski definition) is 3. The van der Waals surface area contributed by atoms with E-state index < -0.39 is 11.8 Å². The maximum absolute atomic E-state index is 12.7. The van der Waals surface area contributed by atoms with Crippen LogP contribution in [0.1, 0.15) is 11.4 Å². The average molecular weight is 379 g/mol. The van der Waals surface area contributed by atoms with E-state index in [4.69, 9.17) is 5.84 Å². The van der Waals surface area contributed by atoms with E-state index in [0.717, 1.165) is 21.8 Å². The van der Waals surface area contributed by atoms with Crippen LogP contribution in [-0.4, -0.2) is 26.8 Å². The Morgan fingerprint density at radius 1 is 0.704 bits per heavy atom. The molecule has 2 aromatic carbocycles. The molecule has 5 rings (SSSR count). The number of para-hydroxylation sites is 2. The molecule has 0 unspecified atom stereocenters. The maximum Gasteiger partial charge on any atom is 0.278 e. The van der Waals surface area contributed by atoms with Crippen LogP contribution in [0.2, 0.25) is 0 Å². The van der Waals surface area contributed by atoms with E-state index in [1.54, 1.807) is 0 Å². The molecule has 0 aliphatic carbocycles. The summed E-state index contributed by atoms with van der Waals surface area (Å²) in [7, 11) is 0. The molecule has 0 atom stereocenters. The summed E-state index contributed by atoms with van der Waals surface area (Å²) in [6.07, 6.45) is 0. The van der Waals surface area contributed by atoms with Crippen LogP contribution in [-0.2, 0) is 9.59 Å². The molecule has 0 fully saturated rings. The molecule has 6 nitrogen and oxygen atoms in total. The highest BCUT2D eigenvalue weighted by molar-refractivity contribution is 6.48. The van der Waals surface area contributed by atoms with Gasteiger partial charge in [-0.25, -0.2) is 10.9 Å². The summed E-state index contributed by atoms with van der Waals surface area (Å²) in [4.78, 5) is 31.8. The Morgan fingerprint density at radius 2 is 1.11 bits per heavy atom. The van der Waals surface area contributed by atoms with Gasteiger partial charge in [-0.15, -0.1) is 12.4 Å². The summed E-state index contributed by atoms with van der Waals surface area (Å²) < 4.78 is 0. The van der Waals surface area contributed by atoms with Gasteiger partial charge in [0.15, 0.2) is 0 Å². The quantitative estimate of drug-likeness (QED) is 0.284. The van der Waals surface area contributed by atoms with Crippen molar-refractivity contribution in [2.75, 3.05) is 0 Å². The van der Waals surface area contributed by atoms with E-state index in [2.05, 4.69) is 9.97 Å². The van der Waals surface area contributed by atoms with Gasteiger partial charge in [0.25, 0.3) is 11.8 Å². The minimum Gasteiger partial charge on any atom is -0.354 e. The number of aromatic amines is 2. The lowest BCUT2D eigenvalue weighted by atomic mass is 10.0. The largest absolute Gasteiger partial charge is 0.354 e. The van der Waals surface area contributed by atoms with Gasteiger partial charge in [0.1, 0.15) is 0 Å². The number of benzene rings is 2. The first kappa shape index (κ1) is 17.1. The zero-order chi connectivity index (χ0) is 17.8. The Bertz CT molecular complexity index is 1090. The fourth-order valence-corrected chi connectivity index (χ4v) is 3.46. The molecule has 0 saturated carbocycles. The van der Waals surface area contributed by atoms with Crippen LogP contribution < -0.4 is 5.84 Å². The van der Waals surface area contributed by atoms with Crippen LogP contribution in [0.5, 0.6) is 0 Å². The predicted octanol–water partition coefficient (Wildman–Crippen LogP) is 3.22. The lowest BCUT2D eigenvalue weighted by Gasteiger charge is -2.05. The first-order valence-electron chi connectivity index (χ1n) is 8.17. The van der Waals surface area contributed by atoms with E-state index in [0.29, 0.717) is 16.4 Å². The van der Waals surface area contributed by atoms with Crippen molar-refractivity contribution in [3.8, 4) is 0 Å². The SMILES string of the molecule is Cl.NN1C(=O)C(c2cc3ccccc3[nH]2)=C(c2cc3ccccc3[nH]2)C1=O. The van der Waals surface area contributed by atoms with Crippen LogP contribution in [0.25, 0.3) is 33.0 Å². The first-order valence-corrected chi connectivity index (χ1v) is 8.17. The molecule has 7 heteroatoms. The minimum absolute atomic E-state index is 0. The summed E-state index contributed by atoms with van der Waals surface area (Å²) in [6, 6.07) is 19.1. The number of carbonyl (C=O) groups excluding carboxylic acids is 2. The molecule has 4 aromatic rings. The fourth-order valence-electron chi connectivity index (χ4n) is 3.46. The van der Waals surface area contributed by atoms with Gasteiger partial charge < -0.3 is 9.97 Å². The Balaban J connectivity index is 0.00000180. The van der Waals surface area contributed by atoms with E-state index in [-0.39, 0.29) is 23.6 Å². The molecule has 2 aromatic heterocycles. The van der Waals surface area contributed by atoms with E-state index in [9.17, 15) is 9.59 Å². The number of fused-ring (bicyclic) bond motifs is 2. The van der Waals surface area contributed by atoms with Crippen LogP contribution in [0.3, 0.4) is 0 Å². The number of hydrazine groups is 1. The highest BCUT2D eigenvalue weighted by Gasteiger charge is 2.39. The molecule has 27 heavy (non-hydrogen) atoms. The molecule has 0 spiro atoms. The normalized spacial score (nSPS) is 14.5. The number of nitrogens with two attached hydrogens (primary N) is 1. The molecule has 2 amide bonds. The molecule has 0 bridgehead atoms. The molecule has 1 aliphatic rings. The second kappa shape index (κ2) is 6.12. The Hall–Kier alpha value is -3.35. The molecule has 134 valence electrons. The number of carbonyl (C=O) groups is 2. The lowest BCUT2D eigenvalue weighted by Crippen LogP contribution is -2.37. The van der Waals surface area contributed by atoms with Gasteiger partial charge in [0.2, 0.25) is 0 Å². The summed E-state index contributed by atoms with van der Waals surface area (Å²) in [6.45, 7) is 0. The number of amides is 2. The number of H-pyrrole nitrogens is 2. The third-order valence-electron chi connectivity index (χ3n) is 4.71. The maximum atomic E-state index is 12.7. The van der Waals surface area contributed by atoms with Gasteiger partial charge in [-0.3, -0.25) is 9.59 Å². The van der Waals surface area contributed by atoms with Gasteiger partial charge in [0.05, 0.1) is 22.5 Å². The van der Waals surface area contributed by atoms with Crippen LogP contribution in [0.4, 0.5) is 0 Å². The third kappa shape index (κ3) is 2.46. The average Bonchev–Trinajstić information content (AvgIpc) is 3.32. The molecular weight excluding hydrogens is 364 g/mol. The van der Waals surface area contributed by atoms with Gasteiger partial charge in [-0.1, -0.05) is 36.4 Å². The monoisotopic (exact) mass is 378 g/mol. The van der Waals surface area contributed by atoms with Crippen molar-refractivity contribution in [2.24, 2.45) is 5.84 Å². The summed E-state index contributed by atoms with van der Waals surface area (Å²) in [5.74, 6) is 4.69. The molecule has 0 radical (unpaired) electrons. The van der Waals surface area contributed by atoms with Gasteiger partial charge in [-0.05, 0) is 24.3 Å². The second-order valence-corrected chi connectivity index (χ2v) is 6.27. The van der Waals surface area contributed by atoms with Crippen molar-refractivity contribution < 1.29 is 9.59 Å². The highest BCUT2D eigenvalue weighted by Crippen LogP contribution is 2.35. The molecule has 0 saturated heterocycles. The smallest absolute Gasteiger partial charge is 0.278 e. The van der Waals surface area contributed by atoms with Crippen molar-refractivity contribution >= 4 is 57.2 Å². The number of nitrogens with zero attached hydrogens (tertiary/aromatic N) is 1. The van der Waals surface area contributed by atoms with E-state index in [1.807, 2.05) is 60.7 Å². The first-order chi connectivity index (χ1) is 12.6. The van der Waals surface area contributed by atoms with Crippen molar-refractivity contribution in [1.29, 1.82) is 0 Å². The van der Waals surface area contributed by atoms with E-state index >= 15 is 0 Å². The topological polar surface area (TPSA) is 95.0 Å². The highest BCUT2D eigenvalue weighted by atomic mass is 35.5. The molecule has 1 aliphatic heterocycles. The van der Waals surface area contributed by atoms with Crippen molar-refractivity contribution in [2.45, 2.75) is 0 Å². The summed E-state index contributed by atoms with van der Waals surface area (Å²) in [5.41, 5.74) is 3.49. The summed E-state index contributed by atoms with van der Waals surface area (Å²) >= 11 is 0. The summed E-state index contributed by atoms with van der Waals surface area (Å²) in [5, 5.41) is 2.59. The third-order valence-corrected chi connectivity index (χ3v) is 4.71. The Labute approximate surface area is 160 Å². The lowest BCUT2D eigenvalue weighted by molar-refractivity contribution is -0.136. The van der Waals surface area contributed by atoms with Crippen molar-refractivity contribution in [1.82, 2.24) is 15.0 Å². The second-order valence-electron chi connectivity index (χ2n) is 6.27. The fraction of sp³-hybridized carbons (Fsp3) is 0. The molecule has 3 heterocycles. The van der Waals surface area contributed by atoms with Gasteiger partial charge in [0, 0.05) is 21.8 Å². The molecule has 4 N–H and O–H groups in total. The number of hydrogen-bond acceptors (Lipinski definition) is 3. The van der Waals surface area contributed by atoms with Crippen molar-refractivity contribution in [3.05, 3.63) is 72.1 Å². The number of imide groups is 1. The zero-order valence-electron chi connectivity index (χ0n) is 14.0. The Morgan fingerprint density at radius 3 is 1.52 bits per heavy atom. The van der Waals surface area contributed by atoms with Crippen LogP contribution in [0.15, 0.2) is 60.7 Å². The number of aromatic nitrogens is 2. The van der Waals surface area contributed by atoms with Crippen LogP contribution >= 0.6 is 12.4 Å². The molecular formula is C20H15ClN4O2. The number of rotatable bonds is 2. The Kier molecular flexibility index (Phi) is 3.87. The standard InChI is InChI=1S/C20H14N4O2.ClH/c21-24-19(25)17(15-9-11-5-1-3-7-13(11)22-15)18(20(24)26)16-10-12-6-2-4-8-14(12)23-16;/h1-10,22-23H,21H2;1H. The van der Waals surface area contributed by atoms with Crippen LogP contribution in [0, 0.1) is 0 Å². The zero-order valence-corrected chi connectivity index (χ0v) is 14.8. The predicted molar refractivity (Wildman–Crippen MR) is 107 cm³/mol. The van der Waals surface area contributed by atoms with Gasteiger partial charge in [-0.2, -0.15) is 0 Å². The number of nitrogens with one attached hydrogen (secondary N) is 2. The number of halogens is 1. The minimum atomic E-state index is -0.518.